The minimum atomic E-state index is -2.19. The minimum Gasteiger partial charge on any atom is -0.543 e. The van der Waals surface area contributed by atoms with Crippen LogP contribution in [0.2, 0.25) is 0 Å². The fourth-order valence-corrected chi connectivity index (χ4v) is 0.402. The summed E-state index contributed by atoms with van der Waals surface area (Å²) >= 11 is 0. The Morgan fingerprint density at radius 1 is 1.00 bits per heavy atom. The SMILES string of the molecule is N[C@@H](CCC(=O)O)C(=O)O.O=C([O-])C(=O)[O-].[Na+].[Na+]. The van der Waals surface area contributed by atoms with Gasteiger partial charge in [0.25, 0.3) is 0 Å². The maximum absolute atomic E-state index is 9.99. The minimum absolute atomic E-state index is 0. The summed E-state index contributed by atoms with van der Waals surface area (Å²) in [6.07, 6.45) is -0.224. The van der Waals surface area contributed by atoms with Crippen LogP contribution in [-0.4, -0.2) is 40.1 Å². The summed E-state index contributed by atoms with van der Waals surface area (Å²) in [6, 6.07) is -1.06. The summed E-state index contributed by atoms with van der Waals surface area (Å²) in [6.45, 7) is 0. The average Bonchev–Trinajstić information content (AvgIpc) is 2.14. The molecule has 0 bridgehead atoms. The molecule has 0 fully saturated rings. The number of rotatable bonds is 4. The van der Waals surface area contributed by atoms with Crippen molar-refractivity contribution in [2.24, 2.45) is 5.73 Å². The summed E-state index contributed by atoms with van der Waals surface area (Å²) in [7, 11) is 0. The second-order valence-electron chi connectivity index (χ2n) is 2.45. The number of carboxylic acid groups (broad SMARTS) is 4. The molecule has 0 aromatic rings. The Morgan fingerprint density at radius 2 is 1.33 bits per heavy atom. The van der Waals surface area contributed by atoms with Gasteiger partial charge in [-0.25, -0.2) is 0 Å². The second kappa shape index (κ2) is 14.9. The molecule has 0 saturated carbocycles. The molecule has 0 radical (unpaired) electrons. The van der Waals surface area contributed by atoms with E-state index >= 15 is 0 Å². The van der Waals surface area contributed by atoms with Crippen LogP contribution in [-0.2, 0) is 19.2 Å². The first-order valence-electron chi connectivity index (χ1n) is 3.81. The number of hydrogen-bond donors (Lipinski definition) is 3. The summed E-state index contributed by atoms with van der Waals surface area (Å²) in [4.78, 5) is 37.7. The number of carbonyl (C=O) groups is 4. The number of carbonyl (C=O) groups excluding carboxylic acids is 2. The molecule has 0 aliphatic carbocycles. The van der Waals surface area contributed by atoms with Gasteiger partial charge in [0.2, 0.25) is 0 Å². The molecule has 0 aliphatic heterocycles. The van der Waals surface area contributed by atoms with Crippen LogP contribution in [0.3, 0.4) is 0 Å². The van der Waals surface area contributed by atoms with Gasteiger partial charge in [-0.2, -0.15) is 0 Å². The van der Waals surface area contributed by atoms with Gasteiger partial charge >= 0.3 is 71.1 Å². The third-order valence-corrected chi connectivity index (χ3v) is 1.15. The van der Waals surface area contributed by atoms with E-state index in [0.29, 0.717) is 0 Å². The van der Waals surface area contributed by atoms with Gasteiger partial charge in [0.1, 0.15) is 6.04 Å². The molecule has 0 aliphatic rings. The van der Waals surface area contributed by atoms with Crippen LogP contribution in [0, 0.1) is 0 Å². The number of hydrogen-bond acceptors (Lipinski definition) is 7. The molecule has 0 spiro atoms. The van der Waals surface area contributed by atoms with Crippen LogP contribution in [0.4, 0.5) is 0 Å². The third-order valence-electron chi connectivity index (χ3n) is 1.15. The van der Waals surface area contributed by atoms with Crippen molar-refractivity contribution < 1.29 is 98.7 Å². The number of nitrogens with two attached hydrogens (primary N) is 1. The fourth-order valence-electron chi connectivity index (χ4n) is 0.402. The van der Waals surface area contributed by atoms with Crippen LogP contribution in [0.25, 0.3) is 0 Å². The average molecular weight is 281 g/mol. The van der Waals surface area contributed by atoms with Crippen molar-refractivity contribution in [1.82, 2.24) is 0 Å². The van der Waals surface area contributed by atoms with Crippen LogP contribution in [0.5, 0.6) is 0 Å². The van der Waals surface area contributed by atoms with E-state index in [1.165, 1.54) is 0 Å². The monoisotopic (exact) mass is 281 g/mol. The van der Waals surface area contributed by atoms with Gasteiger partial charge in [0, 0.05) is 6.42 Å². The molecule has 0 rings (SSSR count). The first-order chi connectivity index (χ1) is 7.18. The number of aliphatic carboxylic acids is 4. The van der Waals surface area contributed by atoms with E-state index in [2.05, 4.69) is 0 Å². The van der Waals surface area contributed by atoms with Gasteiger partial charge in [-0.3, -0.25) is 9.59 Å². The summed E-state index contributed by atoms with van der Waals surface area (Å²) in [5.41, 5.74) is 5.00. The first kappa shape index (κ1) is 26.4. The summed E-state index contributed by atoms with van der Waals surface area (Å²) in [5, 5.41) is 34.1. The van der Waals surface area contributed by atoms with Gasteiger partial charge in [-0.05, 0) is 6.42 Å². The normalized spacial score (nSPS) is 9.39. The van der Waals surface area contributed by atoms with E-state index < -0.39 is 29.9 Å². The Labute approximate surface area is 146 Å². The molecule has 11 heteroatoms. The van der Waals surface area contributed by atoms with Crippen LogP contribution < -0.4 is 75.1 Å². The van der Waals surface area contributed by atoms with Crippen molar-refractivity contribution in [2.75, 3.05) is 0 Å². The van der Waals surface area contributed by atoms with E-state index in [1.807, 2.05) is 0 Å². The predicted molar refractivity (Wildman–Crippen MR) is 42.5 cm³/mol. The molecule has 18 heavy (non-hydrogen) atoms. The predicted octanol–water partition coefficient (Wildman–Crippen LogP) is -10.2. The Hall–Kier alpha value is -0.160. The zero-order chi connectivity index (χ0) is 13.3. The molecule has 9 nitrogen and oxygen atoms in total. The Balaban J connectivity index is -0.000000108. The Bertz CT molecular complexity index is 283. The van der Waals surface area contributed by atoms with Crippen LogP contribution >= 0.6 is 0 Å². The van der Waals surface area contributed by atoms with Gasteiger partial charge in [0.15, 0.2) is 0 Å². The largest absolute Gasteiger partial charge is 1.00 e. The molecular weight excluding hydrogens is 272 g/mol. The molecular formula is C7H9NNa2O8. The third kappa shape index (κ3) is 21.2. The maximum atomic E-state index is 9.99. The smallest absolute Gasteiger partial charge is 0.543 e. The van der Waals surface area contributed by atoms with Crippen molar-refractivity contribution in [3.05, 3.63) is 0 Å². The van der Waals surface area contributed by atoms with Crippen molar-refractivity contribution in [2.45, 2.75) is 18.9 Å². The van der Waals surface area contributed by atoms with E-state index in [0.717, 1.165) is 0 Å². The summed E-state index contributed by atoms with van der Waals surface area (Å²) in [5.74, 6) is -6.57. The molecule has 0 unspecified atom stereocenters. The molecule has 0 amide bonds. The summed E-state index contributed by atoms with van der Waals surface area (Å²) < 4.78 is 0. The molecule has 4 N–H and O–H groups in total. The van der Waals surface area contributed by atoms with E-state index in [4.69, 9.17) is 35.7 Å². The first-order valence-corrected chi connectivity index (χ1v) is 3.81. The van der Waals surface area contributed by atoms with E-state index in [-0.39, 0.29) is 72.0 Å². The van der Waals surface area contributed by atoms with Crippen LogP contribution in [0.15, 0.2) is 0 Å². The van der Waals surface area contributed by atoms with Gasteiger partial charge in [-0.1, -0.05) is 0 Å². The molecule has 0 heterocycles. The van der Waals surface area contributed by atoms with E-state index in [1.54, 1.807) is 0 Å². The molecule has 92 valence electrons. The molecule has 0 saturated heterocycles. The zero-order valence-corrected chi connectivity index (χ0v) is 13.9. The fraction of sp³-hybridized carbons (Fsp3) is 0.429. The quantitative estimate of drug-likeness (QED) is 0.332. The zero-order valence-electron chi connectivity index (χ0n) is 9.91. The van der Waals surface area contributed by atoms with Gasteiger partial charge in [0.05, 0.1) is 11.9 Å². The van der Waals surface area contributed by atoms with Gasteiger partial charge < -0.3 is 35.7 Å². The van der Waals surface area contributed by atoms with Crippen molar-refractivity contribution in [1.29, 1.82) is 0 Å². The topological polar surface area (TPSA) is 181 Å². The second-order valence-corrected chi connectivity index (χ2v) is 2.45. The van der Waals surface area contributed by atoms with Gasteiger partial charge in [-0.15, -0.1) is 0 Å². The molecule has 0 aromatic heterocycles. The molecule has 0 aromatic carbocycles. The van der Waals surface area contributed by atoms with Crippen LogP contribution in [0.1, 0.15) is 12.8 Å². The molecule has 1 atom stereocenters. The van der Waals surface area contributed by atoms with Crippen molar-refractivity contribution in [3.63, 3.8) is 0 Å². The Morgan fingerprint density at radius 3 is 1.50 bits per heavy atom. The van der Waals surface area contributed by atoms with E-state index in [9.17, 15) is 9.59 Å². The van der Waals surface area contributed by atoms with Crippen molar-refractivity contribution in [3.8, 4) is 0 Å². The maximum Gasteiger partial charge on any atom is 1.00 e. The van der Waals surface area contributed by atoms with Crippen molar-refractivity contribution >= 4 is 23.9 Å². The Kier molecular flexibility index (Phi) is 21.9. The standard InChI is InChI=1S/C5H9NO4.C2H2O4.2Na/c6-3(5(9)10)1-2-4(7)8;3-1(4)2(5)6;;/h3H,1-2,6H2,(H,7,8)(H,9,10);(H,3,4)(H,5,6);;/q;;2*+1/p-2/t3-;;;/m0.../s1. The number of carboxylic acids is 4.